The summed E-state index contributed by atoms with van der Waals surface area (Å²) in [7, 11) is 0. The number of anilines is 1. The van der Waals surface area contributed by atoms with Gasteiger partial charge in [0.2, 0.25) is 0 Å². The SMILES string of the molecule is CCC(C)Oc1cccc(NCC(C)c2ccccc2)c1. The van der Waals surface area contributed by atoms with Crippen molar-refractivity contribution >= 4 is 5.69 Å². The molecule has 1 N–H and O–H groups in total. The van der Waals surface area contributed by atoms with Crippen LogP contribution in [-0.4, -0.2) is 12.6 Å². The Morgan fingerprint density at radius 3 is 2.48 bits per heavy atom. The van der Waals surface area contributed by atoms with Crippen molar-refractivity contribution in [2.24, 2.45) is 0 Å². The molecule has 2 atom stereocenters. The first-order valence-corrected chi connectivity index (χ1v) is 7.74. The molecule has 0 bridgehead atoms. The molecule has 0 heterocycles. The Morgan fingerprint density at radius 1 is 1.00 bits per heavy atom. The molecule has 0 fully saturated rings. The highest BCUT2D eigenvalue weighted by Crippen LogP contribution is 2.21. The summed E-state index contributed by atoms with van der Waals surface area (Å²) in [5, 5.41) is 3.49. The Labute approximate surface area is 128 Å². The molecule has 112 valence electrons. The van der Waals surface area contributed by atoms with Gasteiger partial charge < -0.3 is 10.1 Å². The van der Waals surface area contributed by atoms with Gasteiger partial charge in [-0.2, -0.15) is 0 Å². The molecule has 2 unspecified atom stereocenters. The van der Waals surface area contributed by atoms with E-state index in [2.05, 4.69) is 68.6 Å². The van der Waals surface area contributed by atoms with Crippen molar-refractivity contribution in [2.75, 3.05) is 11.9 Å². The van der Waals surface area contributed by atoms with Crippen LogP contribution in [0.3, 0.4) is 0 Å². The van der Waals surface area contributed by atoms with E-state index in [9.17, 15) is 0 Å². The second kappa shape index (κ2) is 7.72. The minimum Gasteiger partial charge on any atom is -0.491 e. The maximum atomic E-state index is 5.86. The van der Waals surface area contributed by atoms with E-state index >= 15 is 0 Å². The van der Waals surface area contributed by atoms with Gasteiger partial charge >= 0.3 is 0 Å². The Bertz CT molecular complexity index is 538. The predicted octanol–water partition coefficient (Wildman–Crippen LogP) is 5.08. The summed E-state index contributed by atoms with van der Waals surface area (Å²) in [6.07, 6.45) is 1.27. The Balaban J connectivity index is 1.92. The van der Waals surface area contributed by atoms with E-state index in [1.54, 1.807) is 0 Å². The van der Waals surface area contributed by atoms with Crippen LogP contribution in [0.1, 0.15) is 38.7 Å². The third kappa shape index (κ3) is 4.82. The topological polar surface area (TPSA) is 21.3 Å². The van der Waals surface area contributed by atoms with Gasteiger partial charge in [0.25, 0.3) is 0 Å². The largest absolute Gasteiger partial charge is 0.491 e. The van der Waals surface area contributed by atoms with Crippen molar-refractivity contribution in [1.82, 2.24) is 0 Å². The van der Waals surface area contributed by atoms with Gasteiger partial charge in [-0.3, -0.25) is 0 Å². The average Bonchev–Trinajstić information content (AvgIpc) is 2.53. The zero-order chi connectivity index (χ0) is 15.1. The highest BCUT2D eigenvalue weighted by Gasteiger charge is 2.06. The van der Waals surface area contributed by atoms with Crippen LogP contribution in [0.4, 0.5) is 5.69 Å². The third-order valence-electron chi connectivity index (χ3n) is 3.73. The molecular formula is C19H25NO. The molecule has 2 aromatic rings. The first-order valence-electron chi connectivity index (χ1n) is 7.74. The van der Waals surface area contributed by atoms with Crippen LogP contribution < -0.4 is 10.1 Å². The fourth-order valence-corrected chi connectivity index (χ4v) is 2.17. The second-order valence-corrected chi connectivity index (χ2v) is 5.56. The smallest absolute Gasteiger partial charge is 0.121 e. The first-order chi connectivity index (χ1) is 10.2. The van der Waals surface area contributed by atoms with Gasteiger partial charge in [-0.1, -0.05) is 50.2 Å². The minimum atomic E-state index is 0.253. The summed E-state index contributed by atoms with van der Waals surface area (Å²) in [6.45, 7) is 7.38. The summed E-state index contributed by atoms with van der Waals surface area (Å²) < 4.78 is 5.86. The molecule has 0 aliphatic rings. The molecular weight excluding hydrogens is 258 g/mol. The monoisotopic (exact) mass is 283 g/mol. The molecule has 2 heteroatoms. The van der Waals surface area contributed by atoms with E-state index in [0.717, 1.165) is 24.4 Å². The summed E-state index contributed by atoms with van der Waals surface area (Å²) in [5.74, 6) is 1.41. The quantitative estimate of drug-likeness (QED) is 0.765. The third-order valence-corrected chi connectivity index (χ3v) is 3.73. The maximum absolute atomic E-state index is 5.86. The van der Waals surface area contributed by atoms with E-state index in [0.29, 0.717) is 5.92 Å². The van der Waals surface area contributed by atoms with Crippen LogP contribution in [0, 0.1) is 0 Å². The van der Waals surface area contributed by atoms with E-state index < -0.39 is 0 Å². The van der Waals surface area contributed by atoms with Gasteiger partial charge in [0.1, 0.15) is 5.75 Å². The van der Waals surface area contributed by atoms with Gasteiger partial charge in [0.15, 0.2) is 0 Å². The standard InChI is InChI=1S/C19H25NO/c1-4-16(3)21-19-12-8-11-18(13-19)20-14-15(2)17-9-6-5-7-10-17/h5-13,15-16,20H,4,14H2,1-3H3. The second-order valence-electron chi connectivity index (χ2n) is 5.56. The molecule has 0 spiro atoms. The van der Waals surface area contributed by atoms with Crippen LogP contribution >= 0.6 is 0 Å². The number of benzene rings is 2. The first kappa shape index (κ1) is 15.4. The number of ether oxygens (including phenoxy) is 1. The summed E-state index contributed by atoms with van der Waals surface area (Å²) in [6, 6.07) is 18.8. The Hall–Kier alpha value is -1.96. The highest BCUT2D eigenvalue weighted by atomic mass is 16.5. The lowest BCUT2D eigenvalue weighted by atomic mass is 10.0. The van der Waals surface area contributed by atoms with Gasteiger partial charge in [0.05, 0.1) is 6.10 Å². The zero-order valence-corrected chi connectivity index (χ0v) is 13.2. The molecule has 21 heavy (non-hydrogen) atoms. The van der Waals surface area contributed by atoms with E-state index in [1.807, 2.05) is 12.1 Å². The number of rotatable bonds is 7. The van der Waals surface area contributed by atoms with E-state index in [-0.39, 0.29) is 6.10 Å². The van der Waals surface area contributed by atoms with Crippen LogP contribution in [0.5, 0.6) is 5.75 Å². The van der Waals surface area contributed by atoms with Crippen LogP contribution in [-0.2, 0) is 0 Å². The fourth-order valence-electron chi connectivity index (χ4n) is 2.17. The average molecular weight is 283 g/mol. The molecule has 0 amide bonds. The van der Waals surface area contributed by atoms with Crippen LogP contribution in [0.25, 0.3) is 0 Å². The lowest BCUT2D eigenvalue weighted by molar-refractivity contribution is 0.217. The fraction of sp³-hybridized carbons (Fsp3) is 0.368. The maximum Gasteiger partial charge on any atom is 0.121 e. The summed E-state index contributed by atoms with van der Waals surface area (Å²) >= 11 is 0. The molecule has 0 aliphatic heterocycles. The molecule has 0 aliphatic carbocycles. The van der Waals surface area contributed by atoms with Crippen molar-refractivity contribution in [3.63, 3.8) is 0 Å². The number of hydrogen-bond acceptors (Lipinski definition) is 2. The summed E-state index contributed by atoms with van der Waals surface area (Å²) in [4.78, 5) is 0. The Morgan fingerprint density at radius 2 is 1.76 bits per heavy atom. The molecule has 0 aromatic heterocycles. The van der Waals surface area contributed by atoms with Gasteiger partial charge in [-0.25, -0.2) is 0 Å². The van der Waals surface area contributed by atoms with Crippen LogP contribution in [0.2, 0.25) is 0 Å². The summed E-state index contributed by atoms with van der Waals surface area (Å²) in [5.41, 5.74) is 2.47. The van der Waals surface area contributed by atoms with Crippen molar-refractivity contribution in [2.45, 2.75) is 39.2 Å². The number of hydrogen-bond donors (Lipinski definition) is 1. The van der Waals surface area contributed by atoms with E-state index in [1.165, 1.54) is 5.56 Å². The van der Waals surface area contributed by atoms with Gasteiger partial charge in [0, 0.05) is 18.3 Å². The normalized spacial score (nSPS) is 13.5. The van der Waals surface area contributed by atoms with E-state index in [4.69, 9.17) is 4.74 Å². The minimum absolute atomic E-state index is 0.253. The molecule has 0 radical (unpaired) electrons. The van der Waals surface area contributed by atoms with Crippen molar-refractivity contribution in [3.05, 3.63) is 60.2 Å². The van der Waals surface area contributed by atoms with Gasteiger partial charge in [-0.15, -0.1) is 0 Å². The Kier molecular flexibility index (Phi) is 5.68. The van der Waals surface area contributed by atoms with Crippen molar-refractivity contribution in [3.8, 4) is 5.75 Å². The van der Waals surface area contributed by atoms with Gasteiger partial charge in [-0.05, 0) is 37.0 Å². The van der Waals surface area contributed by atoms with Crippen molar-refractivity contribution in [1.29, 1.82) is 0 Å². The molecule has 2 rings (SSSR count). The molecule has 2 aromatic carbocycles. The zero-order valence-electron chi connectivity index (χ0n) is 13.2. The highest BCUT2D eigenvalue weighted by molar-refractivity contribution is 5.48. The van der Waals surface area contributed by atoms with Crippen molar-refractivity contribution < 1.29 is 4.74 Å². The molecule has 0 saturated heterocycles. The molecule has 0 saturated carbocycles. The number of nitrogens with one attached hydrogen (secondary N) is 1. The van der Waals surface area contributed by atoms with Crippen LogP contribution in [0.15, 0.2) is 54.6 Å². The predicted molar refractivity (Wildman–Crippen MR) is 90.2 cm³/mol. The lowest BCUT2D eigenvalue weighted by Gasteiger charge is -2.16. The lowest BCUT2D eigenvalue weighted by Crippen LogP contribution is -2.11. The molecule has 2 nitrogen and oxygen atoms in total.